The van der Waals surface area contributed by atoms with Crippen molar-refractivity contribution in [2.75, 3.05) is 0 Å². The van der Waals surface area contributed by atoms with Gasteiger partial charge in [0.25, 0.3) is 0 Å². The van der Waals surface area contributed by atoms with E-state index in [1.807, 2.05) is 6.92 Å². The number of halogens is 1. The van der Waals surface area contributed by atoms with Gasteiger partial charge in [0, 0.05) is 4.47 Å². The Morgan fingerprint density at radius 3 is 3.18 bits per heavy atom. The van der Waals surface area contributed by atoms with Crippen molar-refractivity contribution in [2.24, 2.45) is 0 Å². The van der Waals surface area contributed by atoms with Crippen molar-refractivity contribution in [3.8, 4) is 0 Å². The van der Waals surface area contributed by atoms with Gasteiger partial charge in [-0.25, -0.2) is 0 Å². The summed E-state index contributed by atoms with van der Waals surface area (Å²) in [5.74, 6) is 0. The maximum Gasteiger partial charge on any atom is 0.0665 e. The van der Waals surface area contributed by atoms with E-state index in [2.05, 4.69) is 39.1 Å². The second-order valence-electron chi connectivity index (χ2n) is 2.71. The van der Waals surface area contributed by atoms with Crippen LogP contribution in [0.2, 0.25) is 0 Å². The van der Waals surface area contributed by atoms with Gasteiger partial charge in [0.1, 0.15) is 0 Å². The van der Waals surface area contributed by atoms with E-state index in [1.165, 1.54) is 5.56 Å². The number of nitrogens with zero attached hydrogens (tertiary/aromatic N) is 1. The van der Waals surface area contributed by atoms with Crippen LogP contribution in [-0.4, -0.2) is 4.98 Å². The smallest absolute Gasteiger partial charge is 0.0665 e. The molecule has 2 rings (SSSR count). The molecule has 0 bridgehead atoms. The summed E-state index contributed by atoms with van der Waals surface area (Å²) in [5, 5.41) is 0. The normalized spacial score (nSPS) is 13.6. The molecule has 0 N–H and O–H groups in total. The molecule has 1 aliphatic rings. The number of aryl methyl sites for hydroxylation is 1. The van der Waals surface area contributed by atoms with Crippen LogP contribution in [0.15, 0.2) is 16.6 Å². The van der Waals surface area contributed by atoms with Gasteiger partial charge in [0.05, 0.1) is 11.4 Å². The third-order valence-electron chi connectivity index (χ3n) is 1.88. The maximum absolute atomic E-state index is 4.42. The molecule has 0 radical (unpaired) electrons. The second-order valence-corrected chi connectivity index (χ2v) is 3.56. The van der Waals surface area contributed by atoms with E-state index < -0.39 is 0 Å². The van der Waals surface area contributed by atoms with Crippen LogP contribution < -0.4 is 0 Å². The van der Waals surface area contributed by atoms with Crippen molar-refractivity contribution in [3.63, 3.8) is 0 Å². The minimum Gasteiger partial charge on any atom is -0.252 e. The van der Waals surface area contributed by atoms with Crippen LogP contribution in [-0.2, 0) is 6.42 Å². The van der Waals surface area contributed by atoms with Crippen LogP contribution in [0.5, 0.6) is 0 Å². The number of hydrogen-bond acceptors (Lipinski definition) is 1. The molecule has 2 heteroatoms. The molecule has 0 spiro atoms. The number of allylic oxidation sites excluding steroid dienone is 1. The van der Waals surface area contributed by atoms with E-state index in [1.54, 1.807) is 0 Å². The van der Waals surface area contributed by atoms with E-state index in [-0.39, 0.29) is 0 Å². The SMILES string of the molecule is Cc1nc2c(cc1Br)CC=C2. The Labute approximate surface area is 74.3 Å². The molecule has 0 fully saturated rings. The van der Waals surface area contributed by atoms with Gasteiger partial charge in [-0.15, -0.1) is 0 Å². The quantitative estimate of drug-likeness (QED) is 0.641. The standard InChI is InChI=1S/C9H8BrN/c1-6-8(10)5-7-3-2-4-9(7)11-6/h2,4-5H,3H2,1H3. The highest BCUT2D eigenvalue weighted by molar-refractivity contribution is 9.10. The molecule has 0 unspecified atom stereocenters. The Hall–Kier alpha value is -0.630. The zero-order chi connectivity index (χ0) is 7.84. The Bertz CT molecular complexity index is 329. The van der Waals surface area contributed by atoms with Gasteiger partial charge in [-0.1, -0.05) is 6.08 Å². The van der Waals surface area contributed by atoms with Crippen LogP contribution >= 0.6 is 15.9 Å². The summed E-state index contributed by atoms with van der Waals surface area (Å²) in [6, 6.07) is 2.15. The minimum absolute atomic E-state index is 1.03. The lowest BCUT2D eigenvalue weighted by atomic mass is 10.2. The first kappa shape index (κ1) is 7.04. The fourth-order valence-corrected chi connectivity index (χ4v) is 1.61. The Kier molecular flexibility index (Phi) is 1.57. The van der Waals surface area contributed by atoms with E-state index in [9.17, 15) is 0 Å². The van der Waals surface area contributed by atoms with Gasteiger partial charge in [0.15, 0.2) is 0 Å². The molecule has 0 amide bonds. The van der Waals surface area contributed by atoms with Crippen LogP contribution in [0.25, 0.3) is 6.08 Å². The fourth-order valence-electron chi connectivity index (χ4n) is 1.24. The van der Waals surface area contributed by atoms with Crippen molar-refractivity contribution in [1.29, 1.82) is 0 Å². The number of fused-ring (bicyclic) bond motifs is 1. The molecule has 0 aliphatic heterocycles. The second kappa shape index (κ2) is 2.45. The van der Waals surface area contributed by atoms with Crippen molar-refractivity contribution < 1.29 is 0 Å². The van der Waals surface area contributed by atoms with Crippen LogP contribution in [0.4, 0.5) is 0 Å². The molecule has 0 aromatic carbocycles. The van der Waals surface area contributed by atoms with E-state index in [0.29, 0.717) is 0 Å². The lowest BCUT2D eigenvalue weighted by Gasteiger charge is -2.01. The molecule has 1 aromatic rings. The van der Waals surface area contributed by atoms with Crippen molar-refractivity contribution in [2.45, 2.75) is 13.3 Å². The summed E-state index contributed by atoms with van der Waals surface area (Å²) >= 11 is 3.46. The molecular weight excluding hydrogens is 202 g/mol. The van der Waals surface area contributed by atoms with Gasteiger partial charge in [-0.2, -0.15) is 0 Å². The fraction of sp³-hybridized carbons (Fsp3) is 0.222. The number of aromatic nitrogens is 1. The largest absolute Gasteiger partial charge is 0.252 e. The number of hydrogen-bond donors (Lipinski definition) is 0. The highest BCUT2D eigenvalue weighted by Crippen LogP contribution is 2.23. The summed E-state index contributed by atoms with van der Waals surface area (Å²) < 4.78 is 1.11. The molecular formula is C9H8BrN. The zero-order valence-corrected chi connectivity index (χ0v) is 7.85. The van der Waals surface area contributed by atoms with Gasteiger partial charge in [-0.3, -0.25) is 4.98 Å². The highest BCUT2D eigenvalue weighted by Gasteiger charge is 2.07. The summed E-state index contributed by atoms with van der Waals surface area (Å²) in [7, 11) is 0. The lowest BCUT2D eigenvalue weighted by Crippen LogP contribution is -1.90. The first-order valence-electron chi connectivity index (χ1n) is 3.60. The average Bonchev–Trinajstić information content (AvgIpc) is 2.36. The number of pyridine rings is 1. The number of rotatable bonds is 0. The first-order chi connectivity index (χ1) is 5.27. The summed E-state index contributed by atoms with van der Waals surface area (Å²) in [5.41, 5.74) is 3.52. The van der Waals surface area contributed by atoms with Crippen molar-refractivity contribution in [3.05, 3.63) is 33.6 Å². The Morgan fingerprint density at radius 2 is 2.36 bits per heavy atom. The predicted octanol–water partition coefficient (Wildman–Crippen LogP) is 2.72. The van der Waals surface area contributed by atoms with E-state index >= 15 is 0 Å². The molecule has 0 saturated heterocycles. The first-order valence-corrected chi connectivity index (χ1v) is 4.39. The minimum atomic E-state index is 1.03. The molecule has 0 atom stereocenters. The van der Waals surface area contributed by atoms with Crippen molar-refractivity contribution >= 4 is 22.0 Å². The topological polar surface area (TPSA) is 12.9 Å². The van der Waals surface area contributed by atoms with Crippen LogP contribution in [0, 0.1) is 6.92 Å². The molecule has 1 nitrogen and oxygen atoms in total. The lowest BCUT2D eigenvalue weighted by molar-refractivity contribution is 1.12. The van der Waals surface area contributed by atoms with Gasteiger partial charge in [-0.05, 0) is 47.0 Å². The zero-order valence-electron chi connectivity index (χ0n) is 6.26. The van der Waals surface area contributed by atoms with E-state index in [4.69, 9.17) is 0 Å². The highest BCUT2D eigenvalue weighted by atomic mass is 79.9. The van der Waals surface area contributed by atoms with Gasteiger partial charge in [0.2, 0.25) is 0 Å². The Balaban J connectivity index is 2.63. The third-order valence-corrected chi connectivity index (χ3v) is 2.68. The Morgan fingerprint density at radius 1 is 1.55 bits per heavy atom. The summed E-state index contributed by atoms with van der Waals surface area (Å²) in [6.07, 6.45) is 5.25. The molecule has 56 valence electrons. The monoisotopic (exact) mass is 209 g/mol. The predicted molar refractivity (Wildman–Crippen MR) is 49.4 cm³/mol. The van der Waals surface area contributed by atoms with Gasteiger partial charge >= 0.3 is 0 Å². The van der Waals surface area contributed by atoms with E-state index in [0.717, 1.165) is 22.3 Å². The summed E-state index contributed by atoms with van der Waals surface area (Å²) in [6.45, 7) is 2.01. The molecule has 1 aromatic heterocycles. The van der Waals surface area contributed by atoms with Crippen LogP contribution in [0.3, 0.4) is 0 Å². The van der Waals surface area contributed by atoms with Crippen LogP contribution in [0.1, 0.15) is 17.0 Å². The maximum atomic E-state index is 4.42. The van der Waals surface area contributed by atoms with Gasteiger partial charge < -0.3 is 0 Å². The third kappa shape index (κ3) is 1.11. The average molecular weight is 210 g/mol. The van der Waals surface area contributed by atoms with Crippen molar-refractivity contribution in [1.82, 2.24) is 4.98 Å². The molecule has 1 aliphatic carbocycles. The summed E-state index contributed by atoms with van der Waals surface area (Å²) in [4.78, 5) is 4.42. The molecule has 1 heterocycles. The molecule has 11 heavy (non-hydrogen) atoms. The molecule has 0 saturated carbocycles.